The highest BCUT2D eigenvalue weighted by atomic mass is 35.5. The normalized spacial score (nSPS) is 14.9. The number of halogens is 2. The average Bonchev–Trinajstić information content (AvgIpc) is 3.35. The molecule has 1 aliphatic rings. The van der Waals surface area contributed by atoms with Gasteiger partial charge in [0.15, 0.2) is 5.70 Å². The number of hydrogen-bond acceptors (Lipinski definition) is 4. The zero-order chi connectivity index (χ0) is 20.7. The Bertz CT molecular complexity index is 1360. The predicted molar refractivity (Wildman–Crippen MR) is 119 cm³/mol. The van der Waals surface area contributed by atoms with Crippen LogP contribution in [0, 0.1) is 0 Å². The van der Waals surface area contributed by atoms with Crippen molar-refractivity contribution in [1.82, 2.24) is 0 Å². The summed E-state index contributed by atoms with van der Waals surface area (Å²) in [6.45, 7) is 0. The molecule has 0 spiro atoms. The van der Waals surface area contributed by atoms with Crippen LogP contribution in [0.3, 0.4) is 0 Å². The zero-order valence-electron chi connectivity index (χ0n) is 15.4. The number of aliphatic imine (C=N–C) groups is 1. The highest BCUT2D eigenvalue weighted by Crippen LogP contribution is 2.32. The maximum absolute atomic E-state index is 12.4. The molecule has 146 valence electrons. The van der Waals surface area contributed by atoms with E-state index in [4.69, 9.17) is 32.4 Å². The van der Waals surface area contributed by atoms with Crippen molar-refractivity contribution in [3.8, 4) is 11.3 Å². The van der Waals surface area contributed by atoms with E-state index in [1.807, 2.05) is 42.5 Å². The molecule has 0 N–H and O–H groups in total. The van der Waals surface area contributed by atoms with Crippen molar-refractivity contribution in [1.29, 1.82) is 0 Å². The zero-order valence-corrected chi connectivity index (χ0v) is 16.9. The Morgan fingerprint density at radius 2 is 1.70 bits per heavy atom. The molecule has 0 atom stereocenters. The van der Waals surface area contributed by atoms with Crippen molar-refractivity contribution in [3.63, 3.8) is 0 Å². The van der Waals surface area contributed by atoms with Gasteiger partial charge in [0.25, 0.3) is 0 Å². The summed E-state index contributed by atoms with van der Waals surface area (Å²) in [6.07, 6.45) is 1.55. The van der Waals surface area contributed by atoms with Crippen LogP contribution >= 0.6 is 23.2 Å². The molecule has 0 saturated carbocycles. The summed E-state index contributed by atoms with van der Waals surface area (Å²) < 4.78 is 11.3. The van der Waals surface area contributed by atoms with Gasteiger partial charge in [-0.15, -0.1) is 0 Å². The van der Waals surface area contributed by atoms with E-state index in [0.717, 1.165) is 16.3 Å². The van der Waals surface area contributed by atoms with Crippen LogP contribution in [0.4, 0.5) is 0 Å². The predicted octanol–water partition coefficient (Wildman–Crippen LogP) is 6.75. The number of hydrogen-bond donors (Lipinski definition) is 0. The van der Waals surface area contributed by atoms with Gasteiger partial charge in [-0.25, -0.2) is 9.79 Å². The molecule has 3 aromatic carbocycles. The van der Waals surface area contributed by atoms with Crippen molar-refractivity contribution in [3.05, 3.63) is 99.9 Å². The number of ether oxygens (including phenoxy) is 1. The Kier molecular flexibility index (Phi) is 4.66. The summed E-state index contributed by atoms with van der Waals surface area (Å²) in [6, 6.07) is 22.3. The van der Waals surface area contributed by atoms with Crippen molar-refractivity contribution < 1.29 is 13.9 Å². The largest absolute Gasteiger partial charge is 0.457 e. The average molecular weight is 434 g/mol. The standard InChI is InChI=1S/C24H13Cl2NO3/c25-15-8-10-19(20(26)12-15)22-11-9-16(29-22)13-21-24(28)30-23(27-21)18-7-3-5-14-4-1-2-6-17(14)18/h1-13H/b21-13-. The molecular weight excluding hydrogens is 421 g/mol. The van der Waals surface area contributed by atoms with Crippen LogP contribution in [0.25, 0.3) is 28.2 Å². The van der Waals surface area contributed by atoms with Gasteiger partial charge >= 0.3 is 5.97 Å². The van der Waals surface area contributed by atoms with E-state index >= 15 is 0 Å². The van der Waals surface area contributed by atoms with Gasteiger partial charge in [0, 0.05) is 22.2 Å². The summed E-state index contributed by atoms with van der Waals surface area (Å²) in [5.41, 5.74) is 1.64. The number of nitrogens with zero attached hydrogens (tertiary/aromatic N) is 1. The van der Waals surface area contributed by atoms with Gasteiger partial charge in [-0.1, -0.05) is 59.6 Å². The Morgan fingerprint density at radius 3 is 2.57 bits per heavy atom. The Labute approximate surface area is 182 Å². The van der Waals surface area contributed by atoms with E-state index in [1.165, 1.54) is 0 Å². The van der Waals surface area contributed by atoms with E-state index in [1.54, 1.807) is 36.4 Å². The molecule has 4 nitrogen and oxygen atoms in total. The van der Waals surface area contributed by atoms with E-state index in [9.17, 15) is 4.79 Å². The molecule has 0 aliphatic carbocycles. The number of fused-ring (bicyclic) bond motifs is 1. The lowest BCUT2D eigenvalue weighted by Crippen LogP contribution is -2.05. The summed E-state index contributed by atoms with van der Waals surface area (Å²) in [5, 5.41) is 3.03. The molecule has 0 fully saturated rings. The highest BCUT2D eigenvalue weighted by molar-refractivity contribution is 6.36. The summed E-state index contributed by atoms with van der Waals surface area (Å²) in [5.74, 6) is 0.773. The first-order valence-electron chi connectivity index (χ1n) is 9.14. The van der Waals surface area contributed by atoms with Crippen LogP contribution in [0.15, 0.2) is 87.9 Å². The van der Waals surface area contributed by atoms with Crippen LogP contribution < -0.4 is 0 Å². The van der Waals surface area contributed by atoms with Crippen molar-refractivity contribution in [2.75, 3.05) is 0 Å². The fraction of sp³-hybridized carbons (Fsp3) is 0. The number of esters is 1. The van der Waals surface area contributed by atoms with Crippen LogP contribution in [-0.4, -0.2) is 11.9 Å². The van der Waals surface area contributed by atoms with Crippen LogP contribution in [0.1, 0.15) is 11.3 Å². The minimum Gasteiger partial charge on any atom is -0.457 e. The Morgan fingerprint density at radius 1 is 0.867 bits per heavy atom. The number of carbonyl (C=O) groups is 1. The third kappa shape index (κ3) is 3.41. The van der Waals surface area contributed by atoms with Gasteiger partial charge in [-0.3, -0.25) is 0 Å². The third-order valence-electron chi connectivity index (χ3n) is 4.74. The molecule has 2 heterocycles. The molecule has 6 heteroatoms. The van der Waals surface area contributed by atoms with Crippen molar-refractivity contribution >= 4 is 51.9 Å². The lowest BCUT2D eigenvalue weighted by molar-refractivity contribution is -0.129. The van der Waals surface area contributed by atoms with E-state index in [-0.39, 0.29) is 11.6 Å². The second-order valence-corrected chi connectivity index (χ2v) is 7.53. The number of carbonyl (C=O) groups excluding carboxylic acids is 1. The molecule has 5 rings (SSSR count). The minimum atomic E-state index is -0.527. The van der Waals surface area contributed by atoms with E-state index in [2.05, 4.69) is 4.99 Å². The third-order valence-corrected chi connectivity index (χ3v) is 5.29. The monoisotopic (exact) mass is 433 g/mol. The van der Waals surface area contributed by atoms with Crippen LogP contribution in [0.5, 0.6) is 0 Å². The molecular formula is C24H13Cl2NO3. The lowest BCUT2D eigenvalue weighted by atomic mass is 10.0. The van der Waals surface area contributed by atoms with Crippen molar-refractivity contribution in [2.45, 2.75) is 0 Å². The topological polar surface area (TPSA) is 51.8 Å². The van der Waals surface area contributed by atoms with Crippen LogP contribution in [-0.2, 0) is 9.53 Å². The second-order valence-electron chi connectivity index (χ2n) is 6.69. The van der Waals surface area contributed by atoms with Gasteiger partial charge in [-0.05, 0) is 47.2 Å². The van der Waals surface area contributed by atoms with Gasteiger partial charge in [0.2, 0.25) is 5.90 Å². The lowest BCUT2D eigenvalue weighted by Gasteiger charge is -2.04. The Hall–Kier alpha value is -3.34. The molecule has 1 aliphatic heterocycles. The fourth-order valence-electron chi connectivity index (χ4n) is 3.34. The molecule has 0 bridgehead atoms. The molecule has 30 heavy (non-hydrogen) atoms. The number of furan rings is 1. The first-order chi connectivity index (χ1) is 14.6. The maximum Gasteiger partial charge on any atom is 0.363 e. The summed E-state index contributed by atoms with van der Waals surface area (Å²) >= 11 is 12.2. The van der Waals surface area contributed by atoms with Gasteiger partial charge in [-0.2, -0.15) is 0 Å². The molecule has 4 aromatic rings. The maximum atomic E-state index is 12.4. The SMILES string of the molecule is O=C1OC(c2cccc3ccccc23)=N/C1=C\c1ccc(-c2ccc(Cl)cc2Cl)o1. The number of benzene rings is 3. The molecule has 0 unspecified atom stereocenters. The van der Waals surface area contributed by atoms with Crippen molar-refractivity contribution in [2.24, 2.45) is 4.99 Å². The number of rotatable bonds is 3. The summed E-state index contributed by atoms with van der Waals surface area (Å²) in [7, 11) is 0. The van der Waals surface area contributed by atoms with Crippen LogP contribution in [0.2, 0.25) is 10.0 Å². The first-order valence-corrected chi connectivity index (χ1v) is 9.90. The molecule has 0 amide bonds. The first kappa shape index (κ1) is 18.7. The highest BCUT2D eigenvalue weighted by Gasteiger charge is 2.25. The molecule has 0 radical (unpaired) electrons. The summed E-state index contributed by atoms with van der Waals surface area (Å²) in [4.78, 5) is 16.8. The Balaban J connectivity index is 1.50. The van der Waals surface area contributed by atoms with Gasteiger partial charge < -0.3 is 9.15 Å². The quantitative estimate of drug-likeness (QED) is 0.265. The smallest absolute Gasteiger partial charge is 0.363 e. The minimum absolute atomic E-state index is 0.168. The van der Waals surface area contributed by atoms with Gasteiger partial charge in [0.05, 0.1) is 5.02 Å². The van der Waals surface area contributed by atoms with E-state index in [0.29, 0.717) is 27.1 Å². The fourth-order valence-corrected chi connectivity index (χ4v) is 3.84. The second kappa shape index (κ2) is 7.48. The molecule has 0 saturated heterocycles. The van der Waals surface area contributed by atoms with E-state index < -0.39 is 5.97 Å². The number of cyclic esters (lactones) is 1. The van der Waals surface area contributed by atoms with Gasteiger partial charge in [0.1, 0.15) is 11.5 Å². The molecule has 1 aromatic heterocycles.